The number of benzene rings is 2. The predicted octanol–water partition coefficient (Wildman–Crippen LogP) is 6.26. The average molecular weight is 489 g/mol. The maximum absolute atomic E-state index is 13.7. The molecule has 0 bridgehead atoms. The van der Waals surface area contributed by atoms with Crippen LogP contribution in [0.1, 0.15) is 53.5 Å². The molecule has 0 aliphatic heterocycles. The molecule has 4 rings (SSSR count). The highest BCUT2D eigenvalue weighted by Gasteiger charge is 2.46. The zero-order valence-corrected chi connectivity index (χ0v) is 21.8. The van der Waals surface area contributed by atoms with Crippen LogP contribution in [0.3, 0.4) is 0 Å². The molecular weight excluding hydrogens is 452 g/mol. The molecule has 3 aromatic rings. The zero-order chi connectivity index (χ0) is 24.8. The molecule has 1 aromatic heterocycles. The minimum atomic E-state index is -0.0169. The number of nitrogens with zero attached hydrogens (tertiary/aromatic N) is 2. The zero-order valence-electron chi connectivity index (χ0n) is 21.0. The van der Waals surface area contributed by atoms with Crippen molar-refractivity contribution in [3.8, 4) is 0 Å². The highest BCUT2D eigenvalue weighted by atomic mass is 32.1. The third kappa shape index (κ3) is 6.82. The Labute approximate surface area is 213 Å². The van der Waals surface area contributed by atoms with E-state index < -0.39 is 0 Å². The predicted molar refractivity (Wildman–Crippen MR) is 143 cm³/mol. The fourth-order valence-electron chi connectivity index (χ4n) is 4.57. The van der Waals surface area contributed by atoms with E-state index in [2.05, 4.69) is 57.2 Å². The summed E-state index contributed by atoms with van der Waals surface area (Å²) in [5.41, 5.74) is 2.32. The van der Waals surface area contributed by atoms with Crippen molar-refractivity contribution in [3.63, 3.8) is 0 Å². The fourth-order valence-corrected chi connectivity index (χ4v) is 5.47. The van der Waals surface area contributed by atoms with E-state index in [0.717, 1.165) is 23.3 Å². The van der Waals surface area contributed by atoms with Gasteiger partial charge >= 0.3 is 0 Å². The number of hydrogen-bond donors (Lipinski definition) is 0. The molecule has 1 saturated carbocycles. The van der Waals surface area contributed by atoms with Gasteiger partial charge in [0.2, 0.25) is 11.8 Å². The van der Waals surface area contributed by atoms with Crippen LogP contribution in [0.2, 0.25) is 0 Å². The maximum atomic E-state index is 13.7. The van der Waals surface area contributed by atoms with Gasteiger partial charge in [-0.2, -0.15) is 0 Å². The molecule has 2 amide bonds. The Balaban J connectivity index is 1.50. The third-order valence-corrected chi connectivity index (χ3v) is 7.90. The summed E-state index contributed by atoms with van der Waals surface area (Å²) in [6.45, 7) is 8.24. The first kappa shape index (κ1) is 25.2. The van der Waals surface area contributed by atoms with E-state index in [1.54, 1.807) is 11.3 Å². The summed E-state index contributed by atoms with van der Waals surface area (Å²) < 4.78 is 0. The second-order valence-electron chi connectivity index (χ2n) is 9.84. The molecule has 2 aromatic carbocycles. The van der Waals surface area contributed by atoms with Gasteiger partial charge in [-0.05, 0) is 48.4 Å². The molecule has 0 radical (unpaired) electrons. The van der Waals surface area contributed by atoms with Gasteiger partial charge in [-0.3, -0.25) is 9.59 Å². The maximum Gasteiger partial charge on any atom is 0.242 e. The van der Waals surface area contributed by atoms with Crippen molar-refractivity contribution >= 4 is 23.2 Å². The van der Waals surface area contributed by atoms with Gasteiger partial charge in [-0.15, -0.1) is 11.3 Å². The summed E-state index contributed by atoms with van der Waals surface area (Å²) in [7, 11) is 0. The molecule has 0 saturated heterocycles. The Morgan fingerprint density at radius 2 is 1.63 bits per heavy atom. The number of aryl methyl sites for hydroxylation is 1. The molecule has 5 heteroatoms. The molecule has 1 aliphatic rings. The van der Waals surface area contributed by atoms with Crippen LogP contribution >= 0.6 is 11.3 Å². The molecular formula is C30H36N2O2S. The monoisotopic (exact) mass is 488 g/mol. The minimum Gasteiger partial charge on any atom is -0.333 e. The van der Waals surface area contributed by atoms with Crippen LogP contribution in [0.5, 0.6) is 0 Å². The van der Waals surface area contributed by atoms with E-state index in [1.165, 1.54) is 10.4 Å². The lowest BCUT2D eigenvalue weighted by atomic mass is 10.1. The van der Waals surface area contributed by atoms with Crippen LogP contribution in [0.15, 0.2) is 72.8 Å². The summed E-state index contributed by atoms with van der Waals surface area (Å²) in [6, 6.07) is 24.6. The van der Waals surface area contributed by atoms with Gasteiger partial charge in [0, 0.05) is 28.8 Å². The molecule has 1 aliphatic carbocycles. The lowest BCUT2D eigenvalue weighted by Gasteiger charge is -2.29. The van der Waals surface area contributed by atoms with Gasteiger partial charge in [-0.1, -0.05) is 80.9 Å². The number of thiophene rings is 1. The SMILES string of the molecule is CCC(C)CN(CC(=O)N(Cc1ccccc1)Cc1ccc(C)s1)C(=O)C1C[C@H]1c1ccccc1. The number of hydrogen-bond acceptors (Lipinski definition) is 3. The molecule has 35 heavy (non-hydrogen) atoms. The third-order valence-electron chi connectivity index (χ3n) is 6.91. The van der Waals surface area contributed by atoms with Crippen LogP contribution in [0, 0.1) is 18.8 Å². The summed E-state index contributed by atoms with van der Waals surface area (Å²) >= 11 is 1.72. The number of carbonyl (C=O) groups excluding carboxylic acids is 2. The van der Waals surface area contributed by atoms with E-state index in [9.17, 15) is 9.59 Å². The van der Waals surface area contributed by atoms with Crippen LogP contribution in [0.25, 0.3) is 0 Å². The van der Waals surface area contributed by atoms with Gasteiger partial charge in [-0.25, -0.2) is 0 Å². The smallest absolute Gasteiger partial charge is 0.242 e. The van der Waals surface area contributed by atoms with E-state index in [-0.39, 0.29) is 30.2 Å². The fraction of sp³-hybridized carbons (Fsp3) is 0.400. The molecule has 184 valence electrons. The Morgan fingerprint density at radius 1 is 0.943 bits per heavy atom. The lowest BCUT2D eigenvalue weighted by molar-refractivity contribution is -0.142. The van der Waals surface area contributed by atoms with Crippen molar-refractivity contribution in [1.29, 1.82) is 0 Å². The molecule has 1 heterocycles. The van der Waals surface area contributed by atoms with Gasteiger partial charge < -0.3 is 9.80 Å². The second kappa shape index (κ2) is 11.7. The van der Waals surface area contributed by atoms with Gasteiger partial charge in [0.1, 0.15) is 0 Å². The number of rotatable bonds is 11. The van der Waals surface area contributed by atoms with Gasteiger partial charge in [0.05, 0.1) is 13.1 Å². The lowest BCUT2D eigenvalue weighted by Crippen LogP contribution is -2.44. The molecule has 0 spiro atoms. The molecule has 1 fully saturated rings. The first-order valence-electron chi connectivity index (χ1n) is 12.6. The highest BCUT2D eigenvalue weighted by Crippen LogP contribution is 2.48. The van der Waals surface area contributed by atoms with Crippen LogP contribution in [0.4, 0.5) is 0 Å². The van der Waals surface area contributed by atoms with E-state index in [1.807, 2.05) is 46.2 Å². The summed E-state index contributed by atoms with van der Waals surface area (Å²) in [5.74, 6) is 0.736. The second-order valence-corrected chi connectivity index (χ2v) is 11.2. The van der Waals surface area contributed by atoms with Crippen LogP contribution < -0.4 is 0 Å². The summed E-state index contributed by atoms with van der Waals surface area (Å²) in [4.78, 5) is 33.4. The quantitative estimate of drug-likeness (QED) is 0.319. The van der Waals surface area contributed by atoms with E-state index in [0.29, 0.717) is 25.6 Å². The van der Waals surface area contributed by atoms with Crippen LogP contribution in [-0.2, 0) is 22.7 Å². The first-order valence-corrected chi connectivity index (χ1v) is 13.5. The van der Waals surface area contributed by atoms with Crippen LogP contribution in [-0.4, -0.2) is 34.7 Å². The minimum absolute atomic E-state index is 0.00784. The molecule has 2 unspecified atom stereocenters. The Kier molecular flexibility index (Phi) is 8.40. The van der Waals surface area contributed by atoms with E-state index in [4.69, 9.17) is 0 Å². The summed E-state index contributed by atoms with van der Waals surface area (Å²) in [5, 5.41) is 0. The summed E-state index contributed by atoms with van der Waals surface area (Å²) in [6.07, 6.45) is 1.85. The van der Waals surface area contributed by atoms with Gasteiger partial charge in [0.15, 0.2) is 0 Å². The Bertz CT molecular complexity index is 1110. The largest absolute Gasteiger partial charge is 0.333 e. The molecule has 4 nitrogen and oxygen atoms in total. The van der Waals surface area contributed by atoms with Crippen molar-refractivity contribution in [2.75, 3.05) is 13.1 Å². The van der Waals surface area contributed by atoms with Gasteiger partial charge in [0.25, 0.3) is 0 Å². The number of carbonyl (C=O) groups is 2. The van der Waals surface area contributed by atoms with Crippen molar-refractivity contribution in [3.05, 3.63) is 93.7 Å². The average Bonchev–Trinajstić information content (AvgIpc) is 3.58. The molecule has 3 atom stereocenters. The van der Waals surface area contributed by atoms with E-state index >= 15 is 0 Å². The standard InChI is InChI=1S/C30H36N2O2S/c1-4-22(2)18-32(30(34)28-17-27(28)25-13-9-6-10-14-25)21-29(33)31(19-24-11-7-5-8-12-24)20-26-16-15-23(3)35-26/h5-16,22,27-28H,4,17-21H2,1-3H3/t22?,27-,28?/m0/s1. The number of amides is 2. The first-order chi connectivity index (χ1) is 16.9. The van der Waals surface area contributed by atoms with Crippen molar-refractivity contribution in [2.45, 2.75) is 52.6 Å². The van der Waals surface area contributed by atoms with Crippen molar-refractivity contribution < 1.29 is 9.59 Å². The molecule has 0 N–H and O–H groups in total. The Hall–Kier alpha value is -2.92. The Morgan fingerprint density at radius 3 is 2.26 bits per heavy atom. The normalized spacial score (nSPS) is 17.6. The van der Waals surface area contributed by atoms with Crippen molar-refractivity contribution in [2.24, 2.45) is 11.8 Å². The van der Waals surface area contributed by atoms with Crippen molar-refractivity contribution in [1.82, 2.24) is 9.80 Å². The highest BCUT2D eigenvalue weighted by molar-refractivity contribution is 7.11. The topological polar surface area (TPSA) is 40.6 Å².